The van der Waals surface area contributed by atoms with Crippen LogP contribution in [0.15, 0.2) is 54.6 Å². The number of hydrogen-bond acceptors (Lipinski definition) is 5. The number of nitrogens with one attached hydrogen (secondary N) is 1. The van der Waals surface area contributed by atoms with Crippen LogP contribution in [0.25, 0.3) is 5.70 Å². The summed E-state index contributed by atoms with van der Waals surface area (Å²) in [4.78, 5) is 0. The molecule has 126 valence electrons. The first-order valence-corrected chi connectivity index (χ1v) is 8.28. The predicted molar refractivity (Wildman–Crippen MR) is 96.4 cm³/mol. The summed E-state index contributed by atoms with van der Waals surface area (Å²) in [5, 5.41) is 15.4. The van der Waals surface area contributed by atoms with E-state index in [1.54, 1.807) is 11.8 Å². The molecule has 1 unspecified atom stereocenters. The molecule has 1 aromatic heterocycles. The number of tetrazole rings is 1. The van der Waals surface area contributed by atoms with Crippen molar-refractivity contribution < 1.29 is 4.74 Å². The Morgan fingerprint density at radius 3 is 2.76 bits per heavy atom. The van der Waals surface area contributed by atoms with Crippen LogP contribution in [0.2, 0.25) is 0 Å². The number of ether oxygens (including phenoxy) is 1. The van der Waals surface area contributed by atoms with Gasteiger partial charge in [0.1, 0.15) is 11.8 Å². The molecular weight excluding hydrogens is 314 g/mol. The smallest absolute Gasteiger partial charge is 0.248 e. The van der Waals surface area contributed by atoms with E-state index in [2.05, 4.69) is 58.1 Å². The molecule has 1 atom stereocenters. The minimum Gasteiger partial charge on any atom is -0.497 e. The molecule has 3 aromatic rings. The zero-order chi connectivity index (χ0) is 17.2. The van der Waals surface area contributed by atoms with E-state index < -0.39 is 0 Å². The predicted octanol–water partition coefficient (Wildman–Crippen LogP) is 3.30. The minimum absolute atomic E-state index is 0.0571. The summed E-state index contributed by atoms with van der Waals surface area (Å²) in [6, 6.07) is 16.5. The Labute approximate surface area is 146 Å². The van der Waals surface area contributed by atoms with Gasteiger partial charge in [0.25, 0.3) is 0 Å². The quantitative estimate of drug-likeness (QED) is 0.793. The van der Waals surface area contributed by atoms with Gasteiger partial charge in [-0.05, 0) is 46.2 Å². The van der Waals surface area contributed by atoms with Crippen LogP contribution < -0.4 is 10.1 Å². The maximum atomic E-state index is 5.34. The van der Waals surface area contributed by atoms with E-state index in [1.165, 1.54) is 5.56 Å². The molecule has 0 aliphatic carbocycles. The number of benzene rings is 2. The second kappa shape index (κ2) is 6.39. The van der Waals surface area contributed by atoms with Crippen molar-refractivity contribution in [1.29, 1.82) is 0 Å². The summed E-state index contributed by atoms with van der Waals surface area (Å²) in [6.45, 7) is 2.15. The fraction of sp³-hybridized carbons (Fsp3) is 0.211. The standard InChI is InChI=1S/C19H19N5O/c1-3-13-7-9-14(10-8-13)18-12-17(20-19-21-22-23-24(18)19)15-5-4-6-16(11-15)25-2/h4-12,18H,3H2,1-2H3,(H,20,21,23). The first kappa shape index (κ1) is 15.4. The van der Waals surface area contributed by atoms with Crippen LogP contribution in [0.4, 0.5) is 5.95 Å². The summed E-state index contributed by atoms with van der Waals surface area (Å²) in [7, 11) is 1.67. The van der Waals surface area contributed by atoms with E-state index in [1.807, 2.05) is 24.3 Å². The Morgan fingerprint density at radius 2 is 2.00 bits per heavy atom. The molecule has 1 aliphatic heterocycles. The third-order valence-electron chi connectivity index (χ3n) is 4.44. The van der Waals surface area contributed by atoms with Crippen LogP contribution in [0.3, 0.4) is 0 Å². The van der Waals surface area contributed by atoms with Gasteiger partial charge in [-0.2, -0.15) is 4.68 Å². The zero-order valence-corrected chi connectivity index (χ0v) is 14.2. The molecule has 6 heteroatoms. The summed E-state index contributed by atoms with van der Waals surface area (Å²) in [5.74, 6) is 1.44. The molecule has 0 radical (unpaired) electrons. The number of allylic oxidation sites excluding steroid dienone is 1. The summed E-state index contributed by atoms with van der Waals surface area (Å²) < 4.78 is 7.13. The molecule has 0 bridgehead atoms. The van der Waals surface area contributed by atoms with E-state index >= 15 is 0 Å². The maximum Gasteiger partial charge on any atom is 0.248 e. The summed E-state index contributed by atoms with van der Waals surface area (Å²) >= 11 is 0. The van der Waals surface area contributed by atoms with Gasteiger partial charge in [0.2, 0.25) is 5.95 Å². The first-order chi connectivity index (χ1) is 12.3. The van der Waals surface area contributed by atoms with Gasteiger partial charge in [-0.25, -0.2) is 0 Å². The highest BCUT2D eigenvalue weighted by atomic mass is 16.5. The van der Waals surface area contributed by atoms with Crippen LogP contribution in [0.1, 0.15) is 29.7 Å². The lowest BCUT2D eigenvalue weighted by atomic mass is 10.00. The fourth-order valence-electron chi connectivity index (χ4n) is 3.00. The van der Waals surface area contributed by atoms with E-state index in [-0.39, 0.29) is 6.04 Å². The number of anilines is 1. The topological polar surface area (TPSA) is 64.9 Å². The van der Waals surface area contributed by atoms with Crippen molar-refractivity contribution >= 4 is 11.6 Å². The molecule has 6 nitrogen and oxygen atoms in total. The van der Waals surface area contributed by atoms with Crippen molar-refractivity contribution in [1.82, 2.24) is 20.2 Å². The molecular formula is C19H19N5O. The highest BCUT2D eigenvalue weighted by molar-refractivity contribution is 5.77. The number of hydrogen-bond donors (Lipinski definition) is 1. The van der Waals surface area contributed by atoms with Crippen LogP contribution >= 0.6 is 0 Å². The zero-order valence-electron chi connectivity index (χ0n) is 14.2. The van der Waals surface area contributed by atoms with Crippen molar-refractivity contribution in [2.45, 2.75) is 19.4 Å². The highest BCUT2D eigenvalue weighted by Crippen LogP contribution is 2.32. The number of rotatable bonds is 4. The normalized spacial score (nSPS) is 15.9. The lowest BCUT2D eigenvalue weighted by Crippen LogP contribution is -2.20. The van der Waals surface area contributed by atoms with Gasteiger partial charge >= 0.3 is 0 Å². The monoisotopic (exact) mass is 333 g/mol. The van der Waals surface area contributed by atoms with Crippen molar-refractivity contribution in [2.24, 2.45) is 0 Å². The third kappa shape index (κ3) is 2.87. The molecule has 0 fully saturated rings. The molecule has 2 aromatic carbocycles. The molecule has 1 N–H and O–H groups in total. The van der Waals surface area contributed by atoms with E-state index in [9.17, 15) is 0 Å². The van der Waals surface area contributed by atoms with Crippen molar-refractivity contribution in [3.05, 3.63) is 71.3 Å². The summed E-state index contributed by atoms with van der Waals surface area (Å²) in [6.07, 6.45) is 3.16. The third-order valence-corrected chi connectivity index (χ3v) is 4.44. The second-order valence-corrected chi connectivity index (χ2v) is 5.92. The van der Waals surface area contributed by atoms with Gasteiger partial charge in [0.15, 0.2) is 0 Å². The van der Waals surface area contributed by atoms with E-state index in [0.717, 1.165) is 29.0 Å². The van der Waals surface area contributed by atoms with Crippen LogP contribution in [0.5, 0.6) is 5.75 Å². The Balaban J connectivity index is 1.77. The van der Waals surface area contributed by atoms with Gasteiger partial charge in [0, 0.05) is 11.3 Å². The fourth-order valence-corrected chi connectivity index (χ4v) is 3.00. The van der Waals surface area contributed by atoms with Gasteiger partial charge in [0.05, 0.1) is 7.11 Å². The van der Waals surface area contributed by atoms with Crippen LogP contribution in [-0.2, 0) is 6.42 Å². The average molecular weight is 333 g/mol. The number of methoxy groups -OCH3 is 1. The highest BCUT2D eigenvalue weighted by Gasteiger charge is 2.24. The number of fused-ring (bicyclic) bond motifs is 1. The van der Waals surface area contributed by atoms with Crippen molar-refractivity contribution in [3.63, 3.8) is 0 Å². The lowest BCUT2D eigenvalue weighted by Gasteiger charge is -2.23. The molecule has 2 heterocycles. The first-order valence-electron chi connectivity index (χ1n) is 8.28. The molecule has 4 rings (SSSR count). The van der Waals surface area contributed by atoms with Gasteiger partial charge in [-0.3, -0.25) is 0 Å². The molecule has 25 heavy (non-hydrogen) atoms. The molecule has 0 saturated heterocycles. The van der Waals surface area contributed by atoms with Gasteiger partial charge in [-0.1, -0.05) is 48.4 Å². The Kier molecular flexibility index (Phi) is 3.93. The van der Waals surface area contributed by atoms with E-state index in [4.69, 9.17) is 4.74 Å². The Hall–Kier alpha value is -3.15. The number of nitrogens with zero attached hydrogens (tertiary/aromatic N) is 4. The van der Waals surface area contributed by atoms with Gasteiger partial charge < -0.3 is 10.1 Å². The largest absolute Gasteiger partial charge is 0.497 e. The summed E-state index contributed by atoms with van der Waals surface area (Å²) in [5.41, 5.74) is 4.45. The molecule has 1 aliphatic rings. The molecule has 0 amide bonds. The van der Waals surface area contributed by atoms with Crippen molar-refractivity contribution in [2.75, 3.05) is 12.4 Å². The SMILES string of the molecule is CCc1ccc(C2C=C(c3cccc(OC)c3)Nc3nnnn32)cc1. The average Bonchev–Trinajstić information content (AvgIpc) is 3.16. The Bertz CT molecular complexity index is 914. The molecule has 0 spiro atoms. The minimum atomic E-state index is -0.0571. The van der Waals surface area contributed by atoms with Gasteiger partial charge in [-0.15, -0.1) is 0 Å². The van der Waals surface area contributed by atoms with Crippen LogP contribution in [0, 0.1) is 0 Å². The Morgan fingerprint density at radius 1 is 1.16 bits per heavy atom. The lowest BCUT2D eigenvalue weighted by molar-refractivity contribution is 0.414. The van der Waals surface area contributed by atoms with Crippen LogP contribution in [-0.4, -0.2) is 27.3 Å². The molecule has 0 saturated carbocycles. The number of aromatic nitrogens is 4. The second-order valence-electron chi connectivity index (χ2n) is 5.92. The van der Waals surface area contributed by atoms with Crippen molar-refractivity contribution in [3.8, 4) is 5.75 Å². The maximum absolute atomic E-state index is 5.34. The van der Waals surface area contributed by atoms with E-state index in [0.29, 0.717) is 5.95 Å². The number of aryl methyl sites for hydroxylation is 1.